The van der Waals surface area contributed by atoms with Crippen molar-refractivity contribution in [2.75, 3.05) is 0 Å². The van der Waals surface area contributed by atoms with Crippen molar-refractivity contribution in [3.63, 3.8) is 0 Å². The van der Waals surface area contributed by atoms with Crippen LogP contribution in [0.1, 0.15) is 19.0 Å². The quantitative estimate of drug-likeness (QED) is 0.674. The lowest BCUT2D eigenvalue weighted by Gasteiger charge is -1.97. The Labute approximate surface area is 82.7 Å². The summed E-state index contributed by atoms with van der Waals surface area (Å²) in [5.74, 6) is 0. The molecule has 0 saturated heterocycles. The second kappa shape index (κ2) is 3.57. The van der Waals surface area contributed by atoms with E-state index in [1.54, 1.807) is 4.68 Å². The highest BCUT2D eigenvalue weighted by Crippen LogP contribution is 2.09. The number of aryl methyl sites for hydroxylation is 1. The lowest BCUT2D eigenvalue weighted by atomic mass is 10.3. The Morgan fingerprint density at radius 1 is 1.29 bits per heavy atom. The van der Waals surface area contributed by atoms with Crippen LogP contribution in [0.15, 0.2) is 29.0 Å². The van der Waals surface area contributed by atoms with Crippen LogP contribution in [-0.4, -0.2) is 21.2 Å². The van der Waals surface area contributed by atoms with E-state index in [0.29, 0.717) is 0 Å². The van der Waals surface area contributed by atoms with Gasteiger partial charge in [-0.3, -0.25) is 4.99 Å². The number of rotatable bonds is 1. The van der Waals surface area contributed by atoms with Crippen molar-refractivity contribution in [3.8, 4) is 0 Å². The first kappa shape index (κ1) is 8.87. The van der Waals surface area contributed by atoms with Crippen LogP contribution in [0.5, 0.6) is 0 Å². The van der Waals surface area contributed by atoms with Gasteiger partial charge in [-0.05, 0) is 20.3 Å². The molecule has 0 atom stereocenters. The summed E-state index contributed by atoms with van der Waals surface area (Å²) in [6.07, 6.45) is 8.74. The largest absolute Gasteiger partial charge is 0.260 e. The minimum atomic E-state index is 0.889. The van der Waals surface area contributed by atoms with Crippen LogP contribution in [-0.2, 0) is 0 Å². The fourth-order valence-corrected chi connectivity index (χ4v) is 1.25. The summed E-state index contributed by atoms with van der Waals surface area (Å²) in [7, 11) is 0. The molecule has 4 heteroatoms. The molecule has 2 heterocycles. The summed E-state index contributed by atoms with van der Waals surface area (Å²) in [6, 6.07) is 0. The minimum absolute atomic E-state index is 0.889. The summed E-state index contributed by atoms with van der Waals surface area (Å²) >= 11 is 0. The van der Waals surface area contributed by atoms with Gasteiger partial charge in [0.1, 0.15) is 0 Å². The molecule has 0 fully saturated rings. The maximum atomic E-state index is 4.27. The molecule has 1 aliphatic heterocycles. The molecule has 72 valence electrons. The molecule has 0 spiro atoms. The Kier molecular flexibility index (Phi) is 2.26. The van der Waals surface area contributed by atoms with Crippen molar-refractivity contribution < 1.29 is 0 Å². The van der Waals surface area contributed by atoms with E-state index in [-0.39, 0.29) is 0 Å². The Balaban J connectivity index is 2.29. The van der Waals surface area contributed by atoms with E-state index in [1.807, 2.05) is 26.3 Å². The lowest BCUT2D eigenvalue weighted by Crippen LogP contribution is -1.98. The molecule has 0 amide bonds. The smallest absolute Gasteiger partial charge is 0.0809 e. The third-order valence-electron chi connectivity index (χ3n) is 2.01. The first-order valence-electron chi connectivity index (χ1n) is 4.56. The van der Waals surface area contributed by atoms with E-state index >= 15 is 0 Å². The zero-order valence-corrected chi connectivity index (χ0v) is 8.31. The zero-order valence-electron chi connectivity index (χ0n) is 8.31. The summed E-state index contributed by atoms with van der Waals surface area (Å²) in [6.45, 7) is 3.90. The molecule has 0 aliphatic carbocycles. The average molecular weight is 188 g/mol. The number of hydrogen-bond acceptors (Lipinski definition) is 3. The van der Waals surface area contributed by atoms with Crippen LogP contribution in [0, 0.1) is 6.92 Å². The van der Waals surface area contributed by atoms with E-state index < -0.39 is 0 Å². The maximum absolute atomic E-state index is 4.27. The monoisotopic (exact) mass is 188 g/mol. The summed E-state index contributed by atoms with van der Waals surface area (Å²) in [5, 5.41) is 7.93. The standard InChI is InChI=1S/C10H12N4/c1-8-4-3-5-10(6-11-8)14-7-9(2)12-13-14/h4-7H,3H2,1-2H3. The van der Waals surface area contributed by atoms with Gasteiger partial charge in [0.05, 0.1) is 23.8 Å². The van der Waals surface area contributed by atoms with Gasteiger partial charge in [-0.1, -0.05) is 17.4 Å². The second-order valence-corrected chi connectivity index (χ2v) is 3.27. The highest BCUT2D eigenvalue weighted by atomic mass is 15.4. The predicted octanol–water partition coefficient (Wildman–Crippen LogP) is 1.81. The lowest BCUT2D eigenvalue weighted by molar-refractivity contribution is 0.825. The predicted molar refractivity (Wildman–Crippen MR) is 55.9 cm³/mol. The number of hydrogen-bond donors (Lipinski definition) is 0. The normalized spacial score (nSPS) is 16.1. The van der Waals surface area contributed by atoms with Gasteiger partial charge in [0, 0.05) is 5.70 Å². The molecule has 0 saturated carbocycles. The molecule has 0 aromatic carbocycles. The fourth-order valence-electron chi connectivity index (χ4n) is 1.25. The van der Waals surface area contributed by atoms with Gasteiger partial charge in [0.25, 0.3) is 0 Å². The van der Waals surface area contributed by atoms with Gasteiger partial charge in [-0.15, -0.1) is 5.10 Å². The van der Waals surface area contributed by atoms with Gasteiger partial charge in [-0.2, -0.15) is 0 Å². The van der Waals surface area contributed by atoms with E-state index in [2.05, 4.69) is 27.5 Å². The van der Waals surface area contributed by atoms with E-state index in [9.17, 15) is 0 Å². The molecular weight excluding hydrogens is 176 g/mol. The summed E-state index contributed by atoms with van der Waals surface area (Å²) < 4.78 is 1.74. The van der Waals surface area contributed by atoms with E-state index in [1.165, 1.54) is 0 Å². The van der Waals surface area contributed by atoms with Gasteiger partial charge in [-0.25, -0.2) is 4.68 Å². The molecule has 4 nitrogen and oxygen atoms in total. The van der Waals surface area contributed by atoms with Crippen molar-refractivity contribution >= 4 is 11.9 Å². The van der Waals surface area contributed by atoms with E-state index in [0.717, 1.165) is 23.5 Å². The van der Waals surface area contributed by atoms with Gasteiger partial charge >= 0.3 is 0 Å². The third-order valence-corrected chi connectivity index (χ3v) is 2.01. The van der Waals surface area contributed by atoms with Gasteiger partial charge in [0.15, 0.2) is 0 Å². The summed E-state index contributed by atoms with van der Waals surface area (Å²) in [4.78, 5) is 4.27. The first-order valence-corrected chi connectivity index (χ1v) is 4.56. The molecule has 1 aromatic rings. The van der Waals surface area contributed by atoms with Crippen LogP contribution < -0.4 is 0 Å². The highest BCUT2D eigenvalue weighted by molar-refractivity contribution is 6.02. The van der Waals surface area contributed by atoms with Crippen LogP contribution in [0.25, 0.3) is 5.70 Å². The third kappa shape index (κ3) is 1.79. The molecule has 14 heavy (non-hydrogen) atoms. The van der Waals surface area contributed by atoms with E-state index in [4.69, 9.17) is 0 Å². The zero-order chi connectivity index (χ0) is 9.97. The van der Waals surface area contributed by atoms with Crippen LogP contribution in [0.4, 0.5) is 0 Å². The molecule has 1 aromatic heterocycles. The minimum Gasteiger partial charge on any atom is -0.260 e. The van der Waals surface area contributed by atoms with Crippen molar-refractivity contribution in [1.29, 1.82) is 0 Å². The Morgan fingerprint density at radius 3 is 2.86 bits per heavy atom. The fraction of sp³-hybridized carbons (Fsp3) is 0.300. The van der Waals surface area contributed by atoms with Gasteiger partial charge < -0.3 is 0 Å². The molecular formula is C10H12N4. The Bertz CT molecular complexity index is 423. The molecule has 1 aliphatic rings. The maximum Gasteiger partial charge on any atom is 0.0809 e. The molecule has 0 unspecified atom stereocenters. The average Bonchev–Trinajstić information content (AvgIpc) is 2.46. The van der Waals surface area contributed by atoms with Crippen LogP contribution in [0.2, 0.25) is 0 Å². The molecule has 2 rings (SSSR count). The molecule has 0 N–H and O–H groups in total. The van der Waals surface area contributed by atoms with Crippen LogP contribution >= 0.6 is 0 Å². The number of nitrogens with zero attached hydrogens (tertiary/aromatic N) is 4. The molecule has 0 radical (unpaired) electrons. The first-order chi connectivity index (χ1) is 6.75. The second-order valence-electron chi connectivity index (χ2n) is 3.27. The van der Waals surface area contributed by atoms with Gasteiger partial charge in [0.2, 0.25) is 0 Å². The number of aromatic nitrogens is 3. The topological polar surface area (TPSA) is 43.1 Å². The van der Waals surface area contributed by atoms with Crippen molar-refractivity contribution in [2.24, 2.45) is 4.99 Å². The Morgan fingerprint density at radius 2 is 2.14 bits per heavy atom. The Hall–Kier alpha value is -1.71. The SMILES string of the molecule is CC1=CCC=C(n2cc(C)nn2)C=N1. The van der Waals surface area contributed by atoms with Crippen molar-refractivity contribution in [2.45, 2.75) is 20.3 Å². The number of aliphatic imine (C=N–C) groups is 1. The molecule has 0 bridgehead atoms. The van der Waals surface area contributed by atoms with Crippen LogP contribution in [0.3, 0.4) is 0 Å². The number of allylic oxidation sites excluding steroid dienone is 4. The van der Waals surface area contributed by atoms with Crippen molar-refractivity contribution in [1.82, 2.24) is 15.0 Å². The summed E-state index contributed by atoms with van der Waals surface area (Å²) in [5.41, 5.74) is 2.92. The highest BCUT2D eigenvalue weighted by Gasteiger charge is 2.01. The van der Waals surface area contributed by atoms with Crippen molar-refractivity contribution in [3.05, 3.63) is 29.7 Å².